The molecule has 0 aliphatic rings. The molecule has 0 radical (unpaired) electrons. The van der Waals surface area contributed by atoms with Crippen molar-refractivity contribution >= 4 is 11.6 Å². The van der Waals surface area contributed by atoms with Gasteiger partial charge in [0.05, 0.1) is 12.7 Å². The van der Waals surface area contributed by atoms with Crippen LogP contribution in [-0.2, 0) is 4.74 Å². The minimum atomic E-state index is -0.504. The maximum Gasteiger partial charge on any atom is 0.0816 e. The molecule has 1 aromatic carbocycles. The molecule has 4 heteroatoms. The number of benzene rings is 1. The van der Waals surface area contributed by atoms with E-state index in [-0.39, 0.29) is 0 Å². The Morgan fingerprint density at radius 2 is 2.06 bits per heavy atom. The highest BCUT2D eigenvalue weighted by Gasteiger charge is 2.12. The molecular weight excluding hydrogens is 250 g/mol. The van der Waals surface area contributed by atoms with Gasteiger partial charge in [-0.1, -0.05) is 36.7 Å². The van der Waals surface area contributed by atoms with Crippen LogP contribution in [0.5, 0.6) is 0 Å². The smallest absolute Gasteiger partial charge is 0.0816 e. The van der Waals surface area contributed by atoms with Gasteiger partial charge in [0.2, 0.25) is 0 Å². The van der Waals surface area contributed by atoms with Gasteiger partial charge in [-0.3, -0.25) is 0 Å². The Hall–Kier alpha value is -0.610. The van der Waals surface area contributed by atoms with Crippen LogP contribution < -0.4 is 0 Å². The molecule has 18 heavy (non-hydrogen) atoms. The average molecular weight is 272 g/mol. The summed E-state index contributed by atoms with van der Waals surface area (Å²) in [6.45, 7) is 5.51. The van der Waals surface area contributed by atoms with Crippen molar-refractivity contribution in [1.29, 1.82) is 0 Å². The summed E-state index contributed by atoms with van der Waals surface area (Å²) in [4.78, 5) is 2.25. The molecule has 1 atom stereocenters. The summed E-state index contributed by atoms with van der Waals surface area (Å²) >= 11 is 6.06. The van der Waals surface area contributed by atoms with E-state index in [0.717, 1.165) is 31.8 Å². The number of rotatable bonds is 8. The van der Waals surface area contributed by atoms with E-state index in [1.54, 1.807) is 7.11 Å². The molecule has 0 heterocycles. The fourth-order valence-electron chi connectivity index (χ4n) is 1.85. The maximum absolute atomic E-state index is 10.1. The number of aliphatic hydroxyl groups is 1. The molecule has 1 aromatic rings. The van der Waals surface area contributed by atoms with Gasteiger partial charge in [-0.05, 0) is 24.6 Å². The van der Waals surface area contributed by atoms with E-state index in [0.29, 0.717) is 11.4 Å². The number of ether oxygens (including phenoxy) is 1. The molecule has 3 nitrogen and oxygen atoms in total. The minimum Gasteiger partial charge on any atom is -0.388 e. The van der Waals surface area contributed by atoms with Crippen LogP contribution in [0, 0.1) is 0 Å². The predicted octanol–water partition coefficient (Wildman–Crippen LogP) is 2.73. The van der Waals surface area contributed by atoms with Crippen LogP contribution in [0.1, 0.15) is 25.0 Å². The van der Waals surface area contributed by atoms with E-state index in [1.165, 1.54) is 0 Å². The number of halogens is 1. The van der Waals surface area contributed by atoms with Crippen molar-refractivity contribution in [2.75, 3.05) is 33.4 Å². The van der Waals surface area contributed by atoms with E-state index < -0.39 is 6.10 Å². The van der Waals surface area contributed by atoms with Gasteiger partial charge >= 0.3 is 0 Å². The summed E-state index contributed by atoms with van der Waals surface area (Å²) < 4.78 is 5.06. The van der Waals surface area contributed by atoms with Crippen molar-refractivity contribution in [3.8, 4) is 0 Å². The zero-order valence-electron chi connectivity index (χ0n) is 11.1. The molecule has 1 N–H and O–H groups in total. The standard InChI is InChI=1S/C14H22ClNO2/c1-3-16(10-11-18-2)9-8-14(17)12-6-4-5-7-13(12)15/h4-7,14,17H,3,8-11H2,1-2H3. The molecule has 0 aliphatic carbocycles. The van der Waals surface area contributed by atoms with Gasteiger partial charge in [0.15, 0.2) is 0 Å². The molecular formula is C14H22ClNO2. The molecule has 0 spiro atoms. The van der Waals surface area contributed by atoms with Crippen molar-refractivity contribution in [2.45, 2.75) is 19.4 Å². The van der Waals surface area contributed by atoms with Crippen molar-refractivity contribution in [3.05, 3.63) is 34.9 Å². The lowest BCUT2D eigenvalue weighted by molar-refractivity contribution is 0.120. The lowest BCUT2D eigenvalue weighted by Crippen LogP contribution is -2.29. The lowest BCUT2D eigenvalue weighted by atomic mass is 10.1. The highest BCUT2D eigenvalue weighted by atomic mass is 35.5. The van der Waals surface area contributed by atoms with Crippen LogP contribution in [0.2, 0.25) is 5.02 Å². The maximum atomic E-state index is 10.1. The van der Waals surface area contributed by atoms with Crippen molar-refractivity contribution in [3.63, 3.8) is 0 Å². The average Bonchev–Trinajstić information content (AvgIpc) is 2.39. The molecule has 0 aromatic heterocycles. The van der Waals surface area contributed by atoms with Gasteiger partial charge in [0.1, 0.15) is 0 Å². The second-order valence-corrected chi connectivity index (χ2v) is 4.66. The summed E-state index contributed by atoms with van der Waals surface area (Å²) in [5, 5.41) is 10.8. The van der Waals surface area contributed by atoms with Gasteiger partial charge in [0, 0.05) is 25.2 Å². The monoisotopic (exact) mass is 271 g/mol. The fourth-order valence-corrected chi connectivity index (χ4v) is 2.12. The summed E-state index contributed by atoms with van der Waals surface area (Å²) in [5.74, 6) is 0. The Morgan fingerprint density at radius 1 is 1.33 bits per heavy atom. The van der Waals surface area contributed by atoms with E-state index in [1.807, 2.05) is 24.3 Å². The van der Waals surface area contributed by atoms with Crippen molar-refractivity contribution in [2.24, 2.45) is 0 Å². The van der Waals surface area contributed by atoms with Crippen molar-refractivity contribution in [1.82, 2.24) is 4.90 Å². The Morgan fingerprint density at radius 3 is 2.67 bits per heavy atom. The number of hydrogen-bond donors (Lipinski definition) is 1. The second-order valence-electron chi connectivity index (χ2n) is 4.25. The molecule has 0 saturated carbocycles. The number of aliphatic hydroxyl groups excluding tert-OH is 1. The molecule has 1 rings (SSSR count). The van der Waals surface area contributed by atoms with E-state index in [2.05, 4.69) is 11.8 Å². The van der Waals surface area contributed by atoms with E-state index in [4.69, 9.17) is 16.3 Å². The van der Waals surface area contributed by atoms with Gasteiger partial charge in [-0.15, -0.1) is 0 Å². The second kappa shape index (κ2) is 8.48. The van der Waals surface area contributed by atoms with Gasteiger partial charge in [-0.25, -0.2) is 0 Å². The highest BCUT2D eigenvalue weighted by Crippen LogP contribution is 2.24. The fraction of sp³-hybridized carbons (Fsp3) is 0.571. The topological polar surface area (TPSA) is 32.7 Å². The van der Waals surface area contributed by atoms with Crippen LogP contribution in [-0.4, -0.2) is 43.4 Å². The third-order valence-electron chi connectivity index (χ3n) is 3.04. The van der Waals surface area contributed by atoms with E-state index >= 15 is 0 Å². The third kappa shape index (κ3) is 4.94. The minimum absolute atomic E-state index is 0.504. The Balaban J connectivity index is 2.44. The first-order valence-corrected chi connectivity index (χ1v) is 6.70. The normalized spacial score (nSPS) is 12.9. The first-order valence-electron chi connectivity index (χ1n) is 6.32. The molecule has 1 unspecified atom stereocenters. The quantitative estimate of drug-likeness (QED) is 0.789. The number of likely N-dealkylation sites (N-methyl/N-ethyl adjacent to an activating group) is 1. The highest BCUT2D eigenvalue weighted by molar-refractivity contribution is 6.31. The first-order chi connectivity index (χ1) is 8.69. The first kappa shape index (κ1) is 15.4. The Bertz CT molecular complexity index is 346. The zero-order chi connectivity index (χ0) is 13.4. The number of hydrogen-bond acceptors (Lipinski definition) is 3. The van der Waals surface area contributed by atoms with E-state index in [9.17, 15) is 5.11 Å². The van der Waals surface area contributed by atoms with Gasteiger partial charge in [0.25, 0.3) is 0 Å². The van der Waals surface area contributed by atoms with Crippen LogP contribution in [0.15, 0.2) is 24.3 Å². The van der Waals surface area contributed by atoms with Crippen LogP contribution >= 0.6 is 11.6 Å². The van der Waals surface area contributed by atoms with Crippen molar-refractivity contribution < 1.29 is 9.84 Å². The third-order valence-corrected chi connectivity index (χ3v) is 3.39. The Labute approximate surface area is 114 Å². The molecule has 102 valence electrons. The SMILES string of the molecule is CCN(CCOC)CCC(O)c1ccccc1Cl. The summed E-state index contributed by atoms with van der Waals surface area (Å²) in [6, 6.07) is 7.45. The number of methoxy groups -OCH3 is 1. The van der Waals surface area contributed by atoms with Gasteiger partial charge in [-0.2, -0.15) is 0 Å². The van der Waals surface area contributed by atoms with Crippen LogP contribution in [0.4, 0.5) is 0 Å². The van der Waals surface area contributed by atoms with Gasteiger partial charge < -0.3 is 14.7 Å². The lowest BCUT2D eigenvalue weighted by Gasteiger charge is -2.22. The zero-order valence-corrected chi connectivity index (χ0v) is 11.9. The Kier molecular flexibility index (Phi) is 7.28. The summed E-state index contributed by atoms with van der Waals surface area (Å²) in [6.07, 6.45) is 0.177. The molecule has 0 saturated heterocycles. The molecule has 0 aliphatic heterocycles. The van der Waals surface area contributed by atoms with Crippen LogP contribution in [0.3, 0.4) is 0 Å². The summed E-state index contributed by atoms with van der Waals surface area (Å²) in [7, 11) is 1.70. The predicted molar refractivity (Wildman–Crippen MR) is 75.0 cm³/mol. The van der Waals surface area contributed by atoms with Crippen LogP contribution in [0.25, 0.3) is 0 Å². The largest absolute Gasteiger partial charge is 0.388 e. The molecule has 0 fully saturated rings. The summed E-state index contributed by atoms with van der Waals surface area (Å²) in [5.41, 5.74) is 0.807. The molecule has 0 amide bonds. The number of nitrogens with zero attached hydrogens (tertiary/aromatic N) is 1. The molecule has 0 bridgehead atoms.